The van der Waals surface area contributed by atoms with E-state index in [0.717, 1.165) is 59.7 Å². The predicted molar refractivity (Wildman–Crippen MR) is 102 cm³/mol. The molecule has 0 aliphatic carbocycles. The van der Waals surface area contributed by atoms with Crippen molar-refractivity contribution in [3.05, 3.63) is 60.9 Å². The van der Waals surface area contributed by atoms with Crippen LogP contribution in [0.5, 0.6) is 0 Å². The monoisotopic (exact) mass is 362 g/mol. The summed E-state index contributed by atoms with van der Waals surface area (Å²) in [7, 11) is 0. The number of ether oxygens (including phenoxy) is 1. The van der Waals surface area contributed by atoms with Crippen LogP contribution in [-0.2, 0) is 11.3 Å². The average Bonchev–Trinajstić information content (AvgIpc) is 3.43. The molecule has 5 nitrogen and oxygen atoms in total. The molecule has 0 spiro atoms. The van der Waals surface area contributed by atoms with Crippen molar-refractivity contribution in [2.45, 2.75) is 13.0 Å². The minimum absolute atomic E-state index is 0.250. The molecule has 1 saturated heterocycles. The lowest BCUT2D eigenvalue weighted by Crippen LogP contribution is -2.11. The van der Waals surface area contributed by atoms with E-state index in [9.17, 15) is 4.39 Å². The zero-order chi connectivity index (χ0) is 18.2. The Labute approximate surface area is 155 Å². The van der Waals surface area contributed by atoms with E-state index in [4.69, 9.17) is 9.72 Å². The fourth-order valence-corrected chi connectivity index (χ4v) is 3.79. The first kappa shape index (κ1) is 16.2. The van der Waals surface area contributed by atoms with E-state index in [1.807, 2.05) is 24.7 Å². The molecule has 4 heterocycles. The van der Waals surface area contributed by atoms with Crippen LogP contribution in [0.15, 0.2) is 55.1 Å². The van der Waals surface area contributed by atoms with Crippen LogP contribution in [0.4, 0.5) is 4.39 Å². The summed E-state index contributed by atoms with van der Waals surface area (Å²) in [5, 5.41) is 1.05. The number of benzene rings is 1. The summed E-state index contributed by atoms with van der Waals surface area (Å²) in [5.74, 6) is 0.224. The number of nitrogens with zero attached hydrogens (tertiary/aromatic N) is 3. The second-order valence-electron chi connectivity index (χ2n) is 6.93. The van der Waals surface area contributed by atoms with Gasteiger partial charge in [-0.05, 0) is 42.8 Å². The number of imidazole rings is 1. The van der Waals surface area contributed by atoms with Crippen molar-refractivity contribution in [3.63, 3.8) is 0 Å². The maximum absolute atomic E-state index is 13.4. The highest BCUT2D eigenvalue weighted by Crippen LogP contribution is 2.35. The van der Waals surface area contributed by atoms with Crippen LogP contribution in [0, 0.1) is 11.7 Å². The largest absolute Gasteiger partial charge is 0.381 e. The second kappa shape index (κ2) is 6.63. The van der Waals surface area contributed by atoms with Crippen molar-refractivity contribution in [2.24, 2.45) is 5.92 Å². The number of H-pyrrole nitrogens is 1. The Hall–Kier alpha value is -2.99. The van der Waals surface area contributed by atoms with Crippen LogP contribution in [0.3, 0.4) is 0 Å². The molecule has 0 unspecified atom stereocenters. The highest BCUT2D eigenvalue weighted by Gasteiger charge is 2.22. The number of halogens is 1. The molecule has 0 amide bonds. The zero-order valence-electron chi connectivity index (χ0n) is 14.7. The third kappa shape index (κ3) is 2.92. The molecule has 0 radical (unpaired) electrons. The van der Waals surface area contributed by atoms with E-state index < -0.39 is 0 Å². The average molecular weight is 362 g/mol. The number of aromatic nitrogens is 4. The van der Waals surface area contributed by atoms with Crippen LogP contribution in [0.1, 0.15) is 6.42 Å². The van der Waals surface area contributed by atoms with Gasteiger partial charge in [-0.2, -0.15) is 0 Å². The van der Waals surface area contributed by atoms with E-state index >= 15 is 0 Å². The molecule has 27 heavy (non-hydrogen) atoms. The summed E-state index contributed by atoms with van der Waals surface area (Å²) in [4.78, 5) is 12.3. The number of fused-ring (bicyclic) bond motifs is 1. The third-order valence-corrected chi connectivity index (χ3v) is 5.15. The smallest absolute Gasteiger partial charge is 0.137 e. The van der Waals surface area contributed by atoms with Crippen molar-refractivity contribution >= 4 is 11.0 Å². The Bertz CT molecular complexity index is 1080. The van der Waals surface area contributed by atoms with Crippen molar-refractivity contribution in [1.29, 1.82) is 0 Å². The van der Waals surface area contributed by atoms with Gasteiger partial charge in [-0.3, -0.25) is 0 Å². The van der Waals surface area contributed by atoms with Crippen LogP contribution in [0.2, 0.25) is 0 Å². The van der Waals surface area contributed by atoms with Crippen molar-refractivity contribution < 1.29 is 9.13 Å². The van der Waals surface area contributed by atoms with Crippen LogP contribution < -0.4 is 0 Å². The Morgan fingerprint density at radius 3 is 2.85 bits per heavy atom. The summed E-state index contributed by atoms with van der Waals surface area (Å²) < 4.78 is 21.2. The molecule has 5 rings (SSSR count). The van der Waals surface area contributed by atoms with Gasteiger partial charge in [0.15, 0.2) is 0 Å². The van der Waals surface area contributed by atoms with E-state index in [0.29, 0.717) is 5.92 Å². The Morgan fingerprint density at radius 2 is 2.04 bits per heavy atom. The maximum Gasteiger partial charge on any atom is 0.137 e. The molecule has 1 aliphatic heterocycles. The molecular weight excluding hydrogens is 343 g/mol. The van der Waals surface area contributed by atoms with Crippen molar-refractivity contribution in [2.75, 3.05) is 13.2 Å². The normalized spacial score (nSPS) is 17.0. The van der Waals surface area contributed by atoms with Crippen molar-refractivity contribution in [3.8, 4) is 22.5 Å². The number of rotatable bonds is 4. The fraction of sp³-hybridized carbons (Fsp3) is 0.238. The third-order valence-electron chi connectivity index (χ3n) is 5.15. The van der Waals surface area contributed by atoms with Gasteiger partial charge in [-0.15, -0.1) is 0 Å². The molecule has 1 aromatic carbocycles. The van der Waals surface area contributed by atoms with Crippen LogP contribution >= 0.6 is 0 Å². The van der Waals surface area contributed by atoms with Gasteiger partial charge < -0.3 is 14.3 Å². The lowest BCUT2D eigenvalue weighted by atomic mass is 10.0. The van der Waals surface area contributed by atoms with E-state index in [-0.39, 0.29) is 5.82 Å². The number of hydrogen-bond donors (Lipinski definition) is 1. The number of pyridine rings is 1. The molecule has 3 aromatic heterocycles. The van der Waals surface area contributed by atoms with E-state index in [1.54, 1.807) is 18.3 Å². The molecule has 1 fully saturated rings. The highest BCUT2D eigenvalue weighted by atomic mass is 19.1. The Morgan fingerprint density at radius 1 is 1.15 bits per heavy atom. The molecule has 0 saturated carbocycles. The first-order valence-corrected chi connectivity index (χ1v) is 9.11. The minimum atomic E-state index is -0.250. The van der Waals surface area contributed by atoms with Gasteiger partial charge in [0.2, 0.25) is 0 Å². The lowest BCUT2D eigenvalue weighted by Gasteiger charge is -2.14. The van der Waals surface area contributed by atoms with Gasteiger partial charge in [0.05, 0.1) is 24.3 Å². The van der Waals surface area contributed by atoms with Gasteiger partial charge >= 0.3 is 0 Å². The predicted octanol–water partition coefficient (Wildman–Crippen LogP) is 4.27. The first-order chi connectivity index (χ1) is 13.3. The highest BCUT2D eigenvalue weighted by molar-refractivity contribution is 5.95. The lowest BCUT2D eigenvalue weighted by molar-refractivity contribution is 0.182. The molecule has 1 N–H and O–H groups in total. The minimum Gasteiger partial charge on any atom is -0.381 e. The van der Waals surface area contributed by atoms with Crippen LogP contribution in [0.25, 0.3) is 33.5 Å². The number of hydrogen-bond acceptors (Lipinski definition) is 3. The molecular formula is C21H19FN4O. The molecule has 1 atom stereocenters. The number of aromatic amines is 1. The summed E-state index contributed by atoms with van der Waals surface area (Å²) in [6.45, 7) is 2.44. The van der Waals surface area contributed by atoms with Gasteiger partial charge in [-0.25, -0.2) is 14.4 Å². The SMILES string of the molecule is Fc1ccc(-c2ncn(C[C@H]3CCOC3)c2-c2ccnc3[nH]ccc23)cc1. The molecule has 0 bridgehead atoms. The van der Waals surface area contributed by atoms with Gasteiger partial charge in [-0.1, -0.05) is 0 Å². The second-order valence-corrected chi connectivity index (χ2v) is 6.93. The molecule has 136 valence electrons. The number of nitrogens with one attached hydrogen (secondary N) is 1. The van der Waals surface area contributed by atoms with Gasteiger partial charge in [0.1, 0.15) is 11.5 Å². The van der Waals surface area contributed by atoms with Crippen LogP contribution in [-0.4, -0.2) is 32.7 Å². The van der Waals surface area contributed by atoms with Crippen molar-refractivity contribution in [1.82, 2.24) is 19.5 Å². The topological polar surface area (TPSA) is 55.7 Å². The zero-order valence-corrected chi connectivity index (χ0v) is 14.7. The van der Waals surface area contributed by atoms with Gasteiger partial charge in [0.25, 0.3) is 0 Å². The standard InChI is InChI=1S/C21H19FN4O/c22-16-3-1-15(2-4-16)19-20(17-5-8-23-21-18(17)6-9-24-21)26(13-25-19)11-14-7-10-27-12-14/h1-6,8-9,13-14H,7,10-12H2,(H,23,24)/t14-/m1/s1. The maximum atomic E-state index is 13.4. The quantitative estimate of drug-likeness (QED) is 0.590. The first-order valence-electron chi connectivity index (χ1n) is 9.11. The molecule has 1 aliphatic rings. The molecule has 6 heteroatoms. The summed E-state index contributed by atoms with van der Waals surface area (Å²) in [6, 6.07) is 10.5. The summed E-state index contributed by atoms with van der Waals surface area (Å²) in [6.07, 6.45) is 6.63. The fourth-order valence-electron chi connectivity index (χ4n) is 3.79. The Balaban J connectivity index is 1.69. The Kier molecular flexibility index (Phi) is 3.98. The molecule has 4 aromatic rings. The van der Waals surface area contributed by atoms with E-state index in [1.165, 1.54) is 12.1 Å². The summed E-state index contributed by atoms with van der Waals surface area (Å²) >= 11 is 0. The summed E-state index contributed by atoms with van der Waals surface area (Å²) in [5.41, 5.74) is 4.68. The van der Waals surface area contributed by atoms with E-state index in [2.05, 4.69) is 14.5 Å². The van der Waals surface area contributed by atoms with Gasteiger partial charge in [0, 0.05) is 48.0 Å².